The molecule has 2 heterocycles. The standard InChI is InChI=1S/C20H27N3O2/c1-14-19(15(2)23(21-14)18-9-5-4-6-10-18)12-20(25)22-11-7-8-17(13-22)16(3)24/h4-6,9-10,16-17,24H,7-8,11-13H2,1-3H3. The van der Waals surface area contributed by atoms with Crippen molar-refractivity contribution in [3.8, 4) is 5.69 Å². The van der Waals surface area contributed by atoms with Gasteiger partial charge in [-0.25, -0.2) is 4.68 Å². The van der Waals surface area contributed by atoms with E-state index in [9.17, 15) is 9.90 Å². The summed E-state index contributed by atoms with van der Waals surface area (Å²) in [4.78, 5) is 14.7. The van der Waals surface area contributed by atoms with Crippen LogP contribution in [0.1, 0.15) is 36.7 Å². The highest BCUT2D eigenvalue weighted by atomic mass is 16.3. The molecule has 1 aliphatic heterocycles. The third kappa shape index (κ3) is 3.76. The maximum atomic E-state index is 12.8. The van der Waals surface area contributed by atoms with Gasteiger partial charge in [0.1, 0.15) is 0 Å². The van der Waals surface area contributed by atoms with Crippen molar-refractivity contribution in [2.24, 2.45) is 5.92 Å². The van der Waals surface area contributed by atoms with Gasteiger partial charge in [-0.1, -0.05) is 18.2 Å². The average molecular weight is 341 g/mol. The molecule has 1 amide bonds. The number of carbonyl (C=O) groups excluding carboxylic acids is 1. The monoisotopic (exact) mass is 341 g/mol. The van der Waals surface area contributed by atoms with Crippen LogP contribution in [0.25, 0.3) is 5.69 Å². The lowest BCUT2D eigenvalue weighted by molar-refractivity contribution is -0.133. The normalized spacial score (nSPS) is 19.0. The van der Waals surface area contributed by atoms with E-state index in [1.54, 1.807) is 0 Å². The van der Waals surface area contributed by atoms with E-state index >= 15 is 0 Å². The van der Waals surface area contributed by atoms with Gasteiger partial charge < -0.3 is 10.0 Å². The van der Waals surface area contributed by atoms with Gasteiger partial charge >= 0.3 is 0 Å². The fourth-order valence-electron chi connectivity index (χ4n) is 3.64. The molecule has 1 N–H and O–H groups in total. The number of rotatable bonds is 4. The molecular formula is C20H27N3O2. The number of amides is 1. The molecule has 1 aromatic carbocycles. The van der Waals surface area contributed by atoms with Crippen LogP contribution in [0.15, 0.2) is 30.3 Å². The van der Waals surface area contributed by atoms with Gasteiger partial charge in [0.05, 0.1) is 23.9 Å². The molecule has 2 atom stereocenters. The first-order valence-electron chi connectivity index (χ1n) is 9.03. The summed E-state index contributed by atoms with van der Waals surface area (Å²) < 4.78 is 1.91. The summed E-state index contributed by atoms with van der Waals surface area (Å²) in [7, 11) is 0. The minimum atomic E-state index is -0.361. The second-order valence-corrected chi connectivity index (χ2v) is 7.06. The molecule has 0 aliphatic carbocycles. The first kappa shape index (κ1) is 17.7. The SMILES string of the molecule is Cc1nn(-c2ccccc2)c(C)c1CC(=O)N1CCCC(C(C)O)C1. The topological polar surface area (TPSA) is 58.4 Å². The number of aromatic nitrogens is 2. The van der Waals surface area contributed by atoms with Gasteiger partial charge in [0.25, 0.3) is 0 Å². The molecule has 1 fully saturated rings. The average Bonchev–Trinajstić information content (AvgIpc) is 2.90. The lowest BCUT2D eigenvalue weighted by Gasteiger charge is -2.34. The maximum absolute atomic E-state index is 12.8. The Kier molecular flexibility index (Phi) is 5.23. The van der Waals surface area contributed by atoms with Crippen molar-refractivity contribution in [3.63, 3.8) is 0 Å². The van der Waals surface area contributed by atoms with Crippen LogP contribution < -0.4 is 0 Å². The Labute approximate surface area is 149 Å². The number of nitrogens with zero attached hydrogens (tertiary/aromatic N) is 3. The molecule has 0 saturated carbocycles. The van der Waals surface area contributed by atoms with Crippen LogP contribution in [0.3, 0.4) is 0 Å². The summed E-state index contributed by atoms with van der Waals surface area (Å²) in [6, 6.07) is 9.99. The van der Waals surface area contributed by atoms with E-state index in [1.807, 2.05) is 60.7 Å². The first-order chi connectivity index (χ1) is 12.0. The number of aliphatic hydroxyl groups excluding tert-OH is 1. The predicted molar refractivity (Wildman–Crippen MR) is 97.7 cm³/mol. The Balaban J connectivity index is 1.77. The van der Waals surface area contributed by atoms with E-state index < -0.39 is 0 Å². The minimum absolute atomic E-state index is 0.129. The van der Waals surface area contributed by atoms with Crippen LogP contribution in [0, 0.1) is 19.8 Å². The maximum Gasteiger partial charge on any atom is 0.227 e. The minimum Gasteiger partial charge on any atom is -0.393 e. The van der Waals surface area contributed by atoms with Crippen molar-refractivity contribution in [2.75, 3.05) is 13.1 Å². The van der Waals surface area contributed by atoms with E-state index in [0.29, 0.717) is 13.0 Å². The molecule has 25 heavy (non-hydrogen) atoms. The Morgan fingerprint density at radius 1 is 1.32 bits per heavy atom. The highest BCUT2D eigenvalue weighted by Gasteiger charge is 2.27. The first-order valence-corrected chi connectivity index (χ1v) is 9.03. The summed E-state index contributed by atoms with van der Waals surface area (Å²) in [6.07, 6.45) is 1.96. The second kappa shape index (κ2) is 7.40. The summed E-state index contributed by atoms with van der Waals surface area (Å²) in [6.45, 7) is 7.24. The predicted octanol–water partition coefficient (Wildman–Crippen LogP) is 2.65. The highest BCUT2D eigenvalue weighted by Crippen LogP contribution is 2.23. The molecule has 3 rings (SSSR count). The number of carbonyl (C=O) groups is 1. The Morgan fingerprint density at radius 3 is 2.72 bits per heavy atom. The summed E-state index contributed by atoms with van der Waals surface area (Å²) >= 11 is 0. The number of likely N-dealkylation sites (tertiary alicyclic amines) is 1. The number of hydrogen-bond donors (Lipinski definition) is 1. The third-order valence-corrected chi connectivity index (χ3v) is 5.26. The van der Waals surface area contributed by atoms with Gasteiger partial charge in [-0.05, 0) is 45.7 Å². The van der Waals surface area contributed by atoms with E-state index in [4.69, 9.17) is 0 Å². The van der Waals surface area contributed by atoms with Gasteiger partial charge in [0, 0.05) is 30.3 Å². The Bertz CT molecular complexity index is 737. The Morgan fingerprint density at radius 2 is 2.04 bits per heavy atom. The number of piperidine rings is 1. The number of aryl methyl sites for hydroxylation is 1. The van der Waals surface area contributed by atoms with Gasteiger partial charge in [-0.3, -0.25) is 4.79 Å². The van der Waals surface area contributed by atoms with Crippen LogP contribution in [-0.4, -0.2) is 44.9 Å². The van der Waals surface area contributed by atoms with Gasteiger partial charge in [-0.15, -0.1) is 0 Å². The smallest absolute Gasteiger partial charge is 0.227 e. The van der Waals surface area contributed by atoms with E-state index in [0.717, 1.165) is 42.0 Å². The molecule has 0 spiro atoms. The van der Waals surface area contributed by atoms with Crippen LogP contribution in [-0.2, 0) is 11.2 Å². The van der Waals surface area contributed by atoms with Crippen LogP contribution in [0.5, 0.6) is 0 Å². The summed E-state index contributed by atoms with van der Waals surface area (Å²) in [5.41, 5.74) is 3.93. The largest absolute Gasteiger partial charge is 0.393 e. The molecule has 2 unspecified atom stereocenters. The number of aliphatic hydroxyl groups is 1. The molecule has 134 valence electrons. The molecule has 5 heteroatoms. The number of para-hydroxylation sites is 1. The van der Waals surface area contributed by atoms with Gasteiger partial charge in [0.15, 0.2) is 0 Å². The third-order valence-electron chi connectivity index (χ3n) is 5.26. The van der Waals surface area contributed by atoms with Crippen molar-refractivity contribution >= 4 is 5.91 Å². The van der Waals surface area contributed by atoms with Gasteiger partial charge in [0.2, 0.25) is 5.91 Å². The molecule has 0 bridgehead atoms. The van der Waals surface area contributed by atoms with Crippen LogP contribution in [0.4, 0.5) is 0 Å². The van der Waals surface area contributed by atoms with E-state index in [-0.39, 0.29) is 17.9 Å². The van der Waals surface area contributed by atoms with Crippen LogP contribution in [0.2, 0.25) is 0 Å². The summed E-state index contributed by atoms with van der Waals surface area (Å²) in [5, 5.41) is 14.5. The lowest BCUT2D eigenvalue weighted by Crippen LogP contribution is -2.43. The molecule has 2 aromatic rings. The molecule has 0 radical (unpaired) electrons. The van der Waals surface area contributed by atoms with E-state index in [2.05, 4.69) is 5.10 Å². The van der Waals surface area contributed by atoms with Crippen LogP contribution >= 0.6 is 0 Å². The molecule has 1 aliphatic rings. The zero-order chi connectivity index (χ0) is 18.0. The molecule has 1 saturated heterocycles. The van der Waals surface area contributed by atoms with E-state index in [1.165, 1.54) is 0 Å². The quantitative estimate of drug-likeness (QED) is 0.930. The van der Waals surface area contributed by atoms with Crippen molar-refractivity contribution in [1.29, 1.82) is 0 Å². The number of benzene rings is 1. The fraction of sp³-hybridized carbons (Fsp3) is 0.500. The van der Waals surface area contributed by atoms with Crippen molar-refractivity contribution in [1.82, 2.24) is 14.7 Å². The molecule has 5 nitrogen and oxygen atoms in total. The zero-order valence-corrected chi connectivity index (χ0v) is 15.3. The highest BCUT2D eigenvalue weighted by molar-refractivity contribution is 5.79. The lowest BCUT2D eigenvalue weighted by atomic mass is 9.93. The van der Waals surface area contributed by atoms with Crippen molar-refractivity contribution in [3.05, 3.63) is 47.3 Å². The van der Waals surface area contributed by atoms with Crippen molar-refractivity contribution < 1.29 is 9.90 Å². The zero-order valence-electron chi connectivity index (χ0n) is 15.3. The molecular weight excluding hydrogens is 314 g/mol. The van der Waals surface area contributed by atoms with Crippen molar-refractivity contribution in [2.45, 2.75) is 46.1 Å². The molecule has 1 aromatic heterocycles. The second-order valence-electron chi connectivity index (χ2n) is 7.06. The fourth-order valence-corrected chi connectivity index (χ4v) is 3.64. The van der Waals surface area contributed by atoms with Gasteiger partial charge in [-0.2, -0.15) is 5.10 Å². The number of hydrogen-bond acceptors (Lipinski definition) is 3. The Hall–Kier alpha value is -2.14. The summed E-state index contributed by atoms with van der Waals surface area (Å²) in [5.74, 6) is 0.316.